The third kappa shape index (κ3) is 5.30. The highest BCUT2D eigenvalue weighted by molar-refractivity contribution is 7.78. The summed E-state index contributed by atoms with van der Waals surface area (Å²) in [5, 5.41) is 18.0. The molecule has 1 aliphatic rings. The van der Waals surface area contributed by atoms with E-state index in [2.05, 4.69) is 28.4 Å². The number of rotatable bonds is 6. The molecular formula is C23H27N7O3S. The molecule has 0 saturated heterocycles. The summed E-state index contributed by atoms with van der Waals surface area (Å²) in [4.78, 5) is 34.3. The van der Waals surface area contributed by atoms with Crippen molar-refractivity contribution < 1.29 is 9.72 Å². The van der Waals surface area contributed by atoms with Gasteiger partial charge in [-0.2, -0.15) is 4.98 Å². The molecular weight excluding hydrogens is 454 g/mol. The van der Waals surface area contributed by atoms with E-state index in [1.807, 2.05) is 43.3 Å². The van der Waals surface area contributed by atoms with Crippen LogP contribution in [-0.2, 0) is 0 Å². The minimum Gasteiger partial charge on any atom is -0.362 e. The van der Waals surface area contributed by atoms with Crippen molar-refractivity contribution in [2.24, 2.45) is 0 Å². The van der Waals surface area contributed by atoms with Crippen molar-refractivity contribution in [3.05, 3.63) is 58.6 Å². The van der Waals surface area contributed by atoms with E-state index in [-0.39, 0.29) is 23.8 Å². The van der Waals surface area contributed by atoms with Crippen LogP contribution in [0.3, 0.4) is 0 Å². The molecule has 0 spiro atoms. The first-order chi connectivity index (χ1) is 16.3. The summed E-state index contributed by atoms with van der Waals surface area (Å²) in [5.74, 6) is 1.47. The van der Waals surface area contributed by atoms with Crippen LogP contribution in [0.2, 0.25) is 0 Å². The number of hydrogen-bond donors (Lipinski definition) is 3. The molecule has 0 unspecified atom stereocenters. The molecule has 2 aromatic carbocycles. The molecule has 2 amide bonds. The maximum Gasteiger partial charge on any atom is 0.331 e. The SMILES string of the molecule is CN(C)c1nc(NC2CCC(N(S)C(=O)Nc3ccc([N+](=O)[O-])cc3)CC2)nc2ccccc12. The summed E-state index contributed by atoms with van der Waals surface area (Å²) >= 11 is 4.42. The van der Waals surface area contributed by atoms with Crippen LogP contribution in [0.1, 0.15) is 25.7 Å². The van der Waals surface area contributed by atoms with Gasteiger partial charge >= 0.3 is 6.03 Å². The Morgan fingerprint density at radius 3 is 2.38 bits per heavy atom. The predicted octanol–water partition coefficient (Wildman–Crippen LogP) is 4.71. The summed E-state index contributed by atoms with van der Waals surface area (Å²) in [6.07, 6.45) is 3.26. The highest BCUT2D eigenvalue weighted by atomic mass is 32.1. The van der Waals surface area contributed by atoms with Crippen LogP contribution in [0.25, 0.3) is 10.9 Å². The normalized spacial score (nSPS) is 17.7. The maximum absolute atomic E-state index is 12.6. The van der Waals surface area contributed by atoms with E-state index >= 15 is 0 Å². The Labute approximate surface area is 203 Å². The van der Waals surface area contributed by atoms with Crippen LogP contribution < -0.4 is 15.5 Å². The van der Waals surface area contributed by atoms with Crippen molar-refractivity contribution in [3.8, 4) is 0 Å². The standard InChI is InChI=1S/C23H27N7O3S/c1-28(2)21-19-5-3-4-6-20(19)26-22(27-21)24-15-7-11-17(12-8-15)29(34)23(31)25-16-9-13-18(14-10-16)30(32)33/h3-6,9-10,13-15,17,34H,7-8,11-12H2,1-2H3,(H,25,31)(H,24,26,27). The lowest BCUT2D eigenvalue weighted by Crippen LogP contribution is -2.40. The van der Waals surface area contributed by atoms with Gasteiger partial charge in [0.25, 0.3) is 5.69 Å². The Balaban J connectivity index is 1.34. The van der Waals surface area contributed by atoms with Crippen LogP contribution in [0.15, 0.2) is 48.5 Å². The number of carbonyl (C=O) groups is 1. The van der Waals surface area contributed by atoms with Gasteiger partial charge in [0.15, 0.2) is 0 Å². The van der Waals surface area contributed by atoms with Gasteiger partial charge in [-0.1, -0.05) is 24.9 Å². The van der Waals surface area contributed by atoms with Crippen LogP contribution in [0.5, 0.6) is 0 Å². The van der Waals surface area contributed by atoms with Gasteiger partial charge in [0.2, 0.25) is 5.95 Å². The number of urea groups is 1. The molecule has 1 aliphatic carbocycles. The molecule has 1 fully saturated rings. The smallest absolute Gasteiger partial charge is 0.331 e. The molecule has 0 aliphatic heterocycles. The number of non-ortho nitro benzene ring substituents is 1. The monoisotopic (exact) mass is 481 g/mol. The molecule has 0 radical (unpaired) electrons. The van der Waals surface area contributed by atoms with Gasteiger partial charge in [-0.25, -0.2) is 9.78 Å². The quantitative estimate of drug-likeness (QED) is 0.265. The summed E-state index contributed by atoms with van der Waals surface area (Å²) < 4.78 is 1.41. The number of aromatic nitrogens is 2. The number of benzene rings is 2. The molecule has 1 aromatic heterocycles. The van der Waals surface area contributed by atoms with Gasteiger partial charge in [-0.05, 0) is 49.9 Å². The van der Waals surface area contributed by atoms with E-state index in [1.54, 1.807) is 0 Å². The zero-order chi connectivity index (χ0) is 24.2. The lowest BCUT2D eigenvalue weighted by atomic mass is 9.91. The number of nitro groups is 1. The molecule has 3 aromatic rings. The van der Waals surface area contributed by atoms with E-state index in [4.69, 9.17) is 4.98 Å². The maximum atomic E-state index is 12.6. The van der Waals surface area contributed by atoms with Gasteiger partial charge < -0.3 is 15.5 Å². The first-order valence-electron chi connectivity index (χ1n) is 11.1. The number of para-hydroxylation sites is 1. The second kappa shape index (κ2) is 10.1. The highest BCUT2D eigenvalue weighted by Crippen LogP contribution is 2.29. The number of hydrogen-bond acceptors (Lipinski definition) is 8. The number of carbonyl (C=O) groups excluding carboxylic acids is 1. The molecule has 11 heteroatoms. The Hall–Kier alpha value is -3.60. The van der Waals surface area contributed by atoms with Crippen molar-refractivity contribution in [3.63, 3.8) is 0 Å². The van der Waals surface area contributed by atoms with Gasteiger partial charge in [0.1, 0.15) is 5.82 Å². The number of amides is 2. The Kier molecular flexibility index (Phi) is 7.01. The average Bonchev–Trinajstić information content (AvgIpc) is 2.83. The van der Waals surface area contributed by atoms with Crippen LogP contribution in [0, 0.1) is 10.1 Å². The number of nitro benzene ring substituents is 1. The number of thiol groups is 1. The first kappa shape index (κ1) is 23.6. The molecule has 0 atom stereocenters. The van der Waals surface area contributed by atoms with Crippen LogP contribution in [-0.4, -0.2) is 51.4 Å². The van der Waals surface area contributed by atoms with Crippen LogP contribution >= 0.6 is 12.8 Å². The first-order valence-corrected chi connectivity index (χ1v) is 11.5. The van der Waals surface area contributed by atoms with E-state index in [0.29, 0.717) is 11.6 Å². The fourth-order valence-corrected chi connectivity index (χ4v) is 4.41. The molecule has 1 heterocycles. The Morgan fingerprint density at radius 1 is 1.06 bits per heavy atom. The third-order valence-electron chi connectivity index (χ3n) is 5.92. The fraction of sp³-hybridized carbons (Fsp3) is 0.348. The van der Waals surface area contributed by atoms with Gasteiger partial charge in [-0.3, -0.25) is 14.4 Å². The van der Waals surface area contributed by atoms with Crippen molar-refractivity contribution in [2.45, 2.75) is 37.8 Å². The van der Waals surface area contributed by atoms with E-state index < -0.39 is 4.92 Å². The van der Waals surface area contributed by atoms with Gasteiger partial charge in [-0.15, -0.1) is 0 Å². The molecule has 178 valence electrons. The fourth-order valence-electron chi connectivity index (χ4n) is 4.13. The molecule has 0 bridgehead atoms. The van der Waals surface area contributed by atoms with Crippen LogP contribution in [0.4, 0.5) is 27.9 Å². The van der Waals surface area contributed by atoms with E-state index in [1.165, 1.54) is 28.6 Å². The van der Waals surface area contributed by atoms with E-state index in [9.17, 15) is 14.9 Å². The second-order valence-corrected chi connectivity index (χ2v) is 8.94. The molecule has 4 rings (SSSR count). The molecule has 10 nitrogen and oxygen atoms in total. The van der Waals surface area contributed by atoms with E-state index in [0.717, 1.165) is 42.4 Å². The Morgan fingerprint density at radius 2 is 1.74 bits per heavy atom. The minimum atomic E-state index is -0.479. The second-order valence-electron chi connectivity index (χ2n) is 8.51. The third-order valence-corrected chi connectivity index (χ3v) is 6.43. The van der Waals surface area contributed by atoms with Crippen molar-refractivity contribution in [1.82, 2.24) is 14.3 Å². The number of fused-ring (bicyclic) bond motifs is 1. The van der Waals surface area contributed by atoms with Crippen molar-refractivity contribution >= 4 is 52.9 Å². The predicted molar refractivity (Wildman–Crippen MR) is 136 cm³/mol. The zero-order valence-electron chi connectivity index (χ0n) is 19.0. The summed E-state index contributed by atoms with van der Waals surface area (Å²) in [6, 6.07) is 13.5. The highest BCUT2D eigenvalue weighted by Gasteiger charge is 2.28. The van der Waals surface area contributed by atoms with Gasteiger partial charge in [0.05, 0.1) is 10.4 Å². The molecule has 1 saturated carbocycles. The van der Waals surface area contributed by atoms with Gasteiger partial charge in [0, 0.05) is 49.4 Å². The van der Waals surface area contributed by atoms with Crippen molar-refractivity contribution in [2.75, 3.05) is 29.6 Å². The summed E-state index contributed by atoms with van der Waals surface area (Å²) in [5.41, 5.74) is 1.34. The minimum absolute atomic E-state index is 0.0192. The zero-order valence-corrected chi connectivity index (χ0v) is 19.9. The topological polar surface area (TPSA) is 117 Å². The largest absolute Gasteiger partial charge is 0.362 e. The molecule has 34 heavy (non-hydrogen) atoms. The number of nitrogens with one attached hydrogen (secondary N) is 2. The summed E-state index contributed by atoms with van der Waals surface area (Å²) in [6.45, 7) is 0. The van der Waals surface area contributed by atoms with Crippen molar-refractivity contribution in [1.29, 1.82) is 0 Å². The number of anilines is 3. The number of nitrogens with zero attached hydrogens (tertiary/aromatic N) is 5. The average molecular weight is 482 g/mol. The summed E-state index contributed by atoms with van der Waals surface area (Å²) in [7, 11) is 3.93. The molecule has 2 N–H and O–H groups in total. The lowest BCUT2D eigenvalue weighted by Gasteiger charge is -2.34. The Bertz CT molecular complexity index is 1180. The lowest BCUT2D eigenvalue weighted by molar-refractivity contribution is -0.384.